The number of amides is 1. The van der Waals surface area contributed by atoms with E-state index in [1.807, 2.05) is 12.1 Å². The highest BCUT2D eigenvalue weighted by Crippen LogP contribution is 2.40. The summed E-state index contributed by atoms with van der Waals surface area (Å²) in [6.07, 6.45) is 3.44. The number of carbonyl (C=O) groups is 1. The predicted molar refractivity (Wildman–Crippen MR) is 142 cm³/mol. The zero-order chi connectivity index (χ0) is 25.9. The Bertz CT molecular complexity index is 1440. The minimum Gasteiger partial charge on any atom is -0.493 e. The van der Waals surface area contributed by atoms with Gasteiger partial charge in [-0.15, -0.1) is 0 Å². The van der Waals surface area contributed by atoms with Crippen molar-refractivity contribution in [2.24, 2.45) is 0 Å². The zero-order valence-electron chi connectivity index (χ0n) is 19.6. The number of anilines is 1. The number of ether oxygens (including phenoxy) is 2. The van der Waals surface area contributed by atoms with Crippen LogP contribution in [0.5, 0.6) is 11.5 Å². The van der Waals surface area contributed by atoms with E-state index in [9.17, 15) is 13.2 Å². The third-order valence-corrected chi connectivity index (χ3v) is 8.18. The molecule has 1 heterocycles. The molecule has 0 radical (unpaired) electrons. The van der Waals surface area contributed by atoms with E-state index in [0.717, 1.165) is 5.56 Å². The first-order chi connectivity index (χ1) is 17.2. The van der Waals surface area contributed by atoms with Crippen molar-refractivity contribution in [1.29, 1.82) is 0 Å². The molecule has 0 saturated heterocycles. The van der Waals surface area contributed by atoms with Gasteiger partial charge in [0.1, 0.15) is 4.90 Å². The molecule has 7 nitrogen and oxygen atoms in total. The molecule has 0 spiro atoms. The summed E-state index contributed by atoms with van der Waals surface area (Å²) in [7, 11) is -1.16. The van der Waals surface area contributed by atoms with Crippen LogP contribution in [-0.4, -0.2) is 35.1 Å². The van der Waals surface area contributed by atoms with Crippen molar-refractivity contribution in [2.45, 2.75) is 17.9 Å². The van der Waals surface area contributed by atoms with E-state index in [1.54, 1.807) is 36.4 Å². The lowest BCUT2D eigenvalue weighted by atomic mass is 10.2. The van der Waals surface area contributed by atoms with Crippen LogP contribution in [0, 0.1) is 0 Å². The molecule has 1 amide bonds. The molecule has 3 aromatic carbocycles. The normalized spacial score (nSPS) is 13.1. The van der Waals surface area contributed by atoms with E-state index >= 15 is 0 Å². The van der Waals surface area contributed by atoms with E-state index in [0.29, 0.717) is 39.8 Å². The van der Waals surface area contributed by atoms with Gasteiger partial charge in [-0.3, -0.25) is 9.10 Å². The number of methoxy groups -OCH3 is 2. The lowest BCUT2D eigenvalue weighted by Crippen LogP contribution is -2.29. The average molecular weight is 547 g/mol. The Hall–Kier alpha value is -3.20. The largest absolute Gasteiger partial charge is 0.493 e. The van der Waals surface area contributed by atoms with Gasteiger partial charge in [0.15, 0.2) is 11.5 Å². The van der Waals surface area contributed by atoms with Gasteiger partial charge in [-0.25, -0.2) is 8.42 Å². The van der Waals surface area contributed by atoms with Crippen molar-refractivity contribution in [3.8, 4) is 11.5 Å². The Labute approximate surface area is 220 Å². The highest BCUT2D eigenvalue weighted by Gasteiger charge is 2.34. The van der Waals surface area contributed by atoms with Gasteiger partial charge in [0.2, 0.25) is 5.91 Å². The first-order valence-electron chi connectivity index (χ1n) is 11.0. The summed E-state index contributed by atoms with van der Waals surface area (Å²) in [5.41, 5.74) is 2.77. The van der Waals surface area contributed by atoms with Crippen molar-refractivity contribution in [1.82, 2.24) is 5.32 Å². The minimum absolute atomic E-state index is 0.0472. The van der Waals surface area contributed by atoms with Gasteiger partial charge in [-0.2, -0.15) is 0 Å². The topological polar surface area (TPSA) is 84.9 Å². The smallest absolute Gasteiger partial charge is 0.268 e. The third-order valence-electron chi connectivity index (χ3n) is 5.78. The quantitative estimate of drug-likeness (QED) is 0.397. The maximum absolute atomic E-state index is 13.7. The van der Waals surface area contributed by atoms with Crippen LogP contribution < -0.4 is 19.1 Å². The third kappa shape index (κ3) is 5.31. The average Bonchev–Trinajstić information content (AvgIpc) is 3.31. The molecule has 4 rings (SSSR count). The van der Waals surface area contributed by atoms with Gasteiger partial charge in [0.05, 0.1) is 19.9 Å². The lowest BCUT2D eigenvalue weighted by molar-refractivity contribution is -0.116. The molecule has 1 N–H and O–H groups in total. The molecule has 0 aliphatic carbocycles. The van der Waals surface area contributed by atoms with Gasteiger partial charge in [-0.05, 0) is 59.5 Å². The van der Waals surface area contributed by atoms with E-state index < -0.39 is 10.0 Å². The van der Waals surface area contributed by atoms with E-state index in [2.05, 4.69) is 5.32 Å². The number of sulfonamides is 1. The van der Waals surface area contributed by atoms with Crippen molar-refractivity contribution < 1.29 is 22.7 Å². The molecule has 36 heavy (non-hydrogen) atoms. The molecular weight excluding hydrogens is 523 g/mol. The monoisotopic (exact) mass is 546 g/mol. The summed E-state index contributed by atoms with van der Waals surface area (Å²) in [5.74, 6) is -0.0476. The molecule has 1 aliphatic heterocycles. The van der Waals surface area contributed by atoms with Crippen LogP contribution in [0.1, 0.15) is 16.7 Å². The summed E-state index contributed by atoms with van der Waals surface area (Å²) < 4.78 is 39.6. The Morgan fingerprint density at radius 2 is 1.86 bits per heavy atom. The second-order valence-corrected chi connectivity index (χ2v) is 10.7. The van der Waals surface area contributed by atoms with Crippen LogP contribution in [0.2, 0.25) is 10.0 Å². The van der Waals surface area contributed by atoms with Crippen LogP contribution in [0.3, 0.4) is 0 Å². The number of nitrogens with one attached hydrogen (secondary N) is 1. The fourth-order valence-electron chi connectivity index (χ4n) is 3.99. The zero-order valence-corrected chi connectivity index (χ0v) is 22.0. The summed E-state index contributed by atoms with van der Waals surface area (Å²) in [6, 6.07) is 15.5. The second-order valence-electron chi connectivity index (χ2n) is 8.00. The number of nitrogens with zero attached hydrogens (tertiary/aromatic N) is 1. The number of benzene rings is 3. The van der Waals surface area contributed by atoms with Crippen molar-refractivity contribution in [3.05, 3.63) is 87.4 Å². The number of para-hydroxylation sites is 1. The number of rotatable bonds is 8. The fourth-order valence-corrected chi connectivity index (χ4v) is 6.18. The van der Waals surface area contributed by atoms with Crippen LogP contribution in [0.15, 0.2) is 65.6 Å². The van der Waals surface area contributed by atoms with Crippen LogP contribution in [0.25, 0.3) is 6.08 Å². The molecule has 0 unspecified atom stereocenters. The van der Waals surface area contributed by atoms with E-state index in [4.69, 9.17) is 32.7 Å². The SMILES string of the molecule is COc1cc(/C=C/C(=O)NCc2ccc(Cl)cc2Cl)cc(S(=O)(=O)N2CCc3ccccc32)c1OC. The molecule has 1 aliphatic rings. The van der Waals surface area contributed by atoms with E-state index in [-0.39, 0.29) is 28.8 Å². The fraction of sp³-hybridized carbons (Fsp3) is 0.192. The number of halogens is 2. The second kappa shape index (κ2) is 10.8. The molecule has 0 bridgehead atoms. The molecule has 0 saturated carbocycles. The van der Waals surface area contributed by atoms with Crippen LogP contribution in [0.4, 0.5) is 5.69 Å². The van der Waals surface area contributed by atoms with Gasteiger partial charge in [-0.1, -0.05) is 47.5 Å². The lowest BCUT2D eigenvalue weighted by Gasteiger charge is -2.22. The first kappa shape index (κ1) is 25.9. The Balaban J connectivity index is 1.61. The van der Waals surface area contributed by atoms with Gasteiger partial charge in [0.25, 0.3) is 10.0 Å². The predicted octanol–water partition coefficient (Wildman–Crippen LogP) is 5.09. The maximum Gasteiger partial charge on any atom is 0.268 e. The number of fused-ring (bicyclic) bond motifs is 1. The first-order valence-corrected chi connectivity index (χ1v) is 13.2. The standard InChI is InChI=1S/C26H24Cl2N2O5S/c1-34-23-13-17(7-10-25(31)29-16-19-8-9-20(27)15-21(19)28)14-24(26(23)35-2)36(32,33)30-12-11-18-5-3-4-6-22(18)30/h3-10,13-15H,11-12,16H2,1-2H3,(H,29,31)/b10-7+. The van der Waals surface area contributed by atoms with Crippen molar-refractivity contribution in [3.63, 3.8) is 0 Å². The summed E-state index contributed by atoms with van der Waals surface area (Å²) in [5, 5.41) is 3.70. The Morgan fingerprint density at radius 3 is 2.58 bits per heavy atom. The van der Waals surface area contributed by atoms with Crippen LogP contribution >= 0.6 is 23.2 Å². The Morgan fingerprint density at radius 1 is 1.08 bits per heavy atom. The molecular formula is C26H24Cl2N2O5S. The number of hydrogen-bond donors (Lipinski definition) is 1. The molecule has 188 valence electrons. The minimum atomic E-state index is -3.97. The number of carbonyl (C=O) groups excluding carboxylic acids is 1. The summed E-state index contributed by atoms with van der Waals surface area (Å²) in [6.45, 7) is 0.530. The molecule has 0 aromatic heterocycles. The summed E-state index contributed by atoms with van der Waals surface area (Å²) >= 11 is 12.1. The molecule has 0 atom stereocenters. The maximum atomic E-state index is 13.7. The van der Waals surface area contributed by atoms with Gasteiger partial charge < -0.3 is 14.8 Å². The molecule has 10 heteroatoms. The van der Waals surface area contributed by atoms with Crippen molar-refractivity contribution in [2.75, 3.05) is 25.1 Å². The Kier molecular flexibility index (Phi) is 7.78. The van der Waals surface area contributed by atoms with E-state index in [1.165, 1.54) is 36.7 Å². The molecule has 3 aromatic rings. The number of hydrogen-bond acceptors (Lipinski definition) is 5. The van der Waals surface area contributed by atoms with Gasteiger partial charge >= 0.3 is 0 Å². The molecule has 0 fully saturated rings. The van der Waals surface area contributed by atoms with Crippen LogP contribution in [-0.2, 0) is 27.8 Å². The highest BCUT2D eigenvalue weighted by molar-refractivity contribution is 7.93. The highest BCUT2D eigenvalue weighted by atomic mass is 35.5. The summed E-state index contributed by atoms with van der Waals surface area (Å²) in [4.78, 5) is 12.4. The van der Waals surface area contributed by atoms with Gasteiger partial charge in [0, 0.05) is 29.2 Å². The van der Waals surface area contributed by atoms with Crippen molar-refractivity contribution >= 4 is 50.9 Å².